The monoisotopic (exact) mass is 480 g/mol. The number of alkyl halides is 3. The molecule has 174 valence electrons. The maximum atomic E-state index is 12.7. The van der Waals surface area contributed by atoms with Gasteiger partial charge < -0.3 is 4.42 Å². The predicted molar refractivity (Wildman–Crippen MR) is 112 cm³/mol. The first-order valence-electron chi connectivity index (χ1n) is 10.1. The molecule has 12 heteroatoms. The molecule has 1 saturated heterocycles. The first-order chi connectivity index (χ1) is 15.6. The van der Waals surface area contributed by atoms with Gasteiger partial charge in [0, 0.05) is 24.2 Å². The fourth-order valence-electron chi connectivity index (χ4n) is 3.39. The van der Waals surface area contributed by atoms with Crippen LogP contribution < -0.4 is 5.32 Å². The number of anilines is 1. The van der Waals surface area contributed by atoms with E-state index in [1.807, 2.05) is 0 Å². The average molecular weight is 480 g/mol. The number of benzene rings is 2. The molecule has 2 heterocycles. The second kappa shape index (κ2) is 8.94. The minimum atomic E-state index is -4.46. The fourth-order valence-corrected chi connectivity index (χ4v) is 4.91. The van der Waals surface area contributed by atoms with Crippen molar-refractivity contribution in [2.45, 2.75) is 30.3 Å². The first kappa shape index (κ1) is 22.9. The van der Waals surface area contributed by atoms with E-state index in [4.69, 9.17) is 4.42 Å². The lowest BCUT2D eigenvalue weighted by Crippen LogP contribution is -2.35. The Morgan fingerprint density at radius 2 is 1.58 bits per heavy atom. The van der Waals surface area contributed by atoms with Crippen LogP contribution in [-0.4, -0.2) is 41.9 Å². The van der Waals surface area contributed by atoms with Crippen LogP contribution >= 0.6 is 0 Å². The normalized spacial score (nSPS) is 15.4. The van der Waals surface area contributed by atoms with Gasteiger partial charge in [0.1, 0.15) is 0 Å². The number of hydrogen-bond acceptors (Lipinski definition) is 6. The van der Waals surface area contributed by atoms with E-state index in [1.165, 1.54) is 40.7 Å². The quantitative estimate of drug-likeness (QED) is 0.587. The zero-order valence-corrected chi connectivity index (χ0v) is 18.0. The van der Waals surface area contributed by atoms with Gasteiger partial charge in [0.2, 0.25) is 15.9 Å². The fraction of sp³-hybridized carbons (Fsp3) is 0.286. The van der Waals surface area contributed by atoms with E-state index in [0.29, 0.717) is 13.1 Å². The minimum absolute atomic E-state index is 0.0676. The van der Waals surface area contributed by atoms with Crippen molar-refractivity contribution in [3.8, 4) is 11.5 Å². The predicted octanol–water partition coefficient (Wildman–Crippen LogP) is 4.18. The molecule has 3 aromatic rings. The molecule has 0 radical (unpaired) electrons. The highest BCUT2D eigenvalue weighted by molar-refractivity contribution is 7.89. The SMILES string of the molecule is O=C(Nc1nnc(-c2ccc(C(F)(F)F)cc2)o1)c1ccc(S(=O)(=O)N2CCCCC2)cc1. The molecule has 2 aromatic carbocycles. The number of amides is 1. The van der Waals surface area contributed by atoms with Crippen LogP contribution in [0.3, 0.4) is 0 Å². The molecule has 4 rings (SSSR count). The summed E-state index contributed by atoms with van der Waals surface area (Å²) in [6, 6.07) is 9.36. The van der Waals surface area contributed by atoms with E-state index >= 15 is 0 Å². The Hall–Kier alpha value is -3.25. The van der Waals surface area contributed by atoms with Crippen LogP contribution in [0, 0.1) is 0 Å². The Morgan fingerprint density at radius 1 is 0.939 bits per heavy atom. The van der Waals surface area contributed by atoms with E-state index in [1.54, 1.807) is 0 Å². The first-order valence-corrected chi connectivity index (χ1v) is 11.5. The molecule has 1 aliphatic heterocycles. The summed E-state index contributed by atoms with van der Waals surface area (Å²) in [4.78, 5) is 12.6. The molecule has 0 bridgehead atoms. The molecule has 8 nitrogen and oxygen atoms in total. The smallest absolute Gasteiger partial charge is 0.403 e. The van der Waals surface area contributed by atoms with Gasteiger partial charge in [-0.2, -0.15) is 17.5 Å². The van der Waals surface area contributed by atoms with Gasteiger partial charge in [-0.05, 0) is 61.4 Å². The summed E-state index contributed by atoms with van der Waals surface area (Å²) >= 11 is 0. The number of piperidine rings is 1. The Bertz CT molecular complexity index is 1230. The number of carbonyl (C=O) groups is 1. The Labute approximate surface area is 187 Å². The van der Waals surface area contributed by atoms with Gasteiger partial charge >= 0.3 is 12.2 Å². The molecular formula is C21H19F3N4O4S. The third kappa shape index (κ3) is 5.06. The number of sulfonamides is 1. The zero-order valence-electron chi connectivity index (χ0n) is 17.2. The number of halogens is 3. The third-order valence-electron chi connectivity index (χ3n) is 5.17. The maximum absolute atomic E-state index is 12.7. The van der Waals surface area contributed by atoms with E-state index in [-0.39, 0.29) is 27.9 Å². The van der Waals surface area contributed by atoms with E-state index in [0.717, 1.165) is 31.4 Å². The van der Waals surface area contributed by atoms with E-state index in [9.17, 15) is 26.4 Å². The van der Waals surface area contributed by atoms with Gasteiger partial charge in [-0.1, -0.05) is 11.5 Å². The second-order valence-electron chi connectivity index (χ2n) is 7.43. The number of hydrogen-bond donors (Lipinski definition) is 1. The molecule has 1 N–H and O–H groups in total. The van der Waals surface area contributed by atoms with Crippen molar-refractivity contribution >= 4 is 21.9 Å². The number of rotatable bonds is 5. The van der Waals surface area contributed by atoms with Crippen LogP contribution in [-0.2, 0) is 16.2 Å². The number of carbonyl (C=O) groups excluding carboxylic acids is 1. The molecule has 0 spiro atoms. The topological polar surface area (TPSA) is 105 Å². The summed E-state index contributed by atoms with van der Waals surface area (Å²) in [6.07, 6.45) is -1.83. The number of nitrogens with zero attached hydrogens (tertiary/aromatic N) is 3. The van der Waals surface area contributed by atoms with E-state index < -0.39 is 27.7 Å². The highest BCUT2D eigenvalue weighted by Crippen LogP contribution is 2.31. The number of aromatic nitrogens is 2. The Morgan fingerprint density at radius 3 is 2.18 bits per heavy atom. The van der Waals surface area contributed by atoms with Crippen molar-refractivity contribution in [2.75, 3.05) is 18.4 Å². The lowest BCUT2D eigenvalue weighted by Gasteiger charge is -2.25. The van der Waals surface area contributed by atoms with Crippen LogP contribution in [0.1, 0.15) is 35.2 Å². The summed E-state index contributed by atoms with van der Waals surface area (Å²) in [6.45, 7) is 0.950. The van der Waals surface area contributed by atoms with Crippen molar-refractivity contribution < 1.29 is 30.8 Å². The van der Waals surface area contributed by atoms with Gasteiger partial charge in [0.05, 0.1) is 10.5 Å². The van der Waals surface area contributed by atoms with Crippen LogP contribution in [0.5, 0.6) is 0 Å². The molecule has 1 aromatic heterocycles. The summed E-state index contributed by atoms with van der Waals surface area (Å²) in [5.74, 6) is -0.679. The highest BCUT2D eigenvalue weighted by Gasteiger charge is 2.30. The molecule has 0 saturated carbocycles. The maximum Gasteiger partial charge on any atom is 0.416 e. The largest absolute Gasteiger partial charge is 0.416 e. The Kier molecular flexibility index (Phi) is 6.21. The second-order valence-corrected chi connectivity index (χ2v) is 9.37. The van der Waals surface area contributed by atoms with Crippen molar-refractivity contribution in [1.82, 2.24) is 14.5 Å². The Balaban J connectivity index is 1.43. The summed E-state index contributed by atoms with van der Waals surface area (Å²) in [5.41, 5.74) is -0.393. The molecule has 0 atom stereocenters. The molecular weight excluding hydrogens is 461 g/mol. The third-order valence-corrected chi connectivity index (χ3v) is 7.09. The van der Waals surface area contributed by atoms with Crippen LogP contribution in [0.4, 0.5) is 19.2 Å². The molecule has 1 amide bonds. The number of nitrogens with one attached hydrogen (secondary N) is 1. The lowest BCUT2D eigenvalue weighted by molar-refractivity contribution is -0.137. The van der Waals surface area contributed by atoms with Crippen molar-refractivity contribution in [1.29, 1.82) is 0 Å². The van der Waals surface area contributed by atoms with Gasteiger partial charge in [-0.25, -0.2) is 8.42 Å². The minimum Gasteiger partial charge on any atom is -0.403 e. The molecule has 1 aliphatic rings. The van der Waals surface area contributed by atoms with Gasteiger partial charge in [-0.3, -0.25) is 10.1 Å². The van der Waals surface area contributed by atoms with Gasteiger partial charge in [0.15, 0.2) is 0 Å². The zero-order chi connectivity index (χ0) is 23.6. The van der Waals surface area contributed by atoms with E-state index in [2.05, 4.69) is 15.5 Å². The molecule has 1 fully saturated rings. The van der Waals surface area contributed by atoms with Crippen LogP contribution in [0.25, 0.3) is 11.5 Å². The standard InChI is InChI=1S/C21H19F3N4O4S/c22-21(23,24)16-8-4-15(5-9-16)19-26-27-20(32-19)25-18(29)14-6-10-17(11-7-14)33(30,31)28-12-2-1-3-13-28/h4-11H,1-3,12-13H2,(H,25,27,29). The average Bonchev–Trinajstić information content (AvgIpc) is 3.27. The van der Waals surface area contributed by atoms with Crippen molar-refractivity contribution in [3.05, 3.63) is 59.7 Å². The summed E-state index contributed by atoms with van der Waals surface area (Å²) in [5, 5.41) is 9.79. The molecule has 33 heavy (non-hydrogen) atoms. The molecule has 0 unspecified atom stereocenters. The highest BCUT2D eigenvalue weighted by atomic mass is 32.2. The lowest BCUT2D eigenvalue weighted by atomic mass is 10.1. The van der Waals surface area contributed by atoms with Crippen molar-refractivity contribution in [3.63, 3.8) is 0 Å². The molecule has 0 aliphatic carbocycles. The van der Waals surface area contributed by atoms with Crippen LogP contribution in [0.15, 0.2) is 57.8 Å². The summed E-state index contributed by atoms with van der Waals surface area (Å²) < 4.78 is 70.2. The van der Waals surface area contributed by atoms with Gasteiger partial charge in [-0.15, -0.1) is 5.10 Å². The van der Waals surface area contributed by atoms with Gasteiger partial charge in [0.25, 0.3) is 5.91 Å². The van der Waals surface area contributed by atoms with Crippen LogP contribution in [0.2, 0.25) is 0 Å². The van der Waals surface area contributed by atoms with Crippen molar-refractivity contribution in [2.24, 2.45) is 0 Å². The summed E-state index contributed by atoms with van der Waals surface area (Å²) in [7, 11) is -3.61.